The van der Waals surface area contributed by atoms with Crippen molar-refractivity contribution in [3.8, 4) is 0 Å². The summed E-state index contributed by atoms with van der Waals surface area (Å²) >= 11 is 1.91. The van der Waals surface area contributed by atoms with Crippen LogP contribution in [0.2, 0.25) is 0 Å². The van der Waals surface area contributed by atoms with Crippen LogP contribution in [0.3, 0.4) is 0 Å². The molecule has 0 saturated heterocycles. The van der Waals surface area contributed by atoms with Crippen molar-refractivity contribution < 1.29 is 9.53 Å². The van der Waals surface area contributed by atoms with Crippen molar-refractivity contribution in [1.29, 1.82) is 0 Å². The van der Waals surface area contributed by atoms with Gasteiger partial charge < -0.3 is 10.1 Å². The molecule has 1 N–H and O–H groups in total. The maximum absolute atomic E-state index is 11.5. The lowest BCUT2D eigenvalue weighted by molar-refractivity contribution is -0.143. The van der Waals surface area contributed by atoms with Gasteiger partial charge in [-0.05, 0) is 25.5 Å². The summed E-state index contributed by atoms with van der Waals surface area (Å²) in [5.74, 6) is -0.132. The Kier molecular flexibility index (Phi) is 6.21. The van der Waals surface area contributed by atoms with E-state index in [0.29, 0.717) is 11.3 Å². The highest BCUT2D eigenvalue weighted by Crippen LogP contribution is 2.27. The highest BCUT2D eigenvalue weighted by Gasteiger charge is 2.28. The molecular formula is C12H23NO2S. The van der Waals surface area contributed by atoms with Crippen molar-refractivity contribution in [3.63, 3.8) is 0 Å². The van der Waals surface area contributed by atoms with Crippen LogP contribution in [0, 0.1) is 0 Å². The largest absolute Gasteiger partial charge is 0.468 e. The van der Waals surface area contributed by atoms with E-state index in [1.54, 1.807) is 0 Å². The summed E-state index contributed by atoms with van der Waals surface area (Å²) in [4.78, 5) is 11.5. The number of ether oxygens (including phenoxy) is 1. The van der Waals surface area contributed by atoms with E-state index in [0.717, 1.165) is 6.42 Å². The topological polar surface area (TPSA) is 38.3 Å². The zero-order valence-electron chi connectivity index (χ0n) is 10.5. The molecule has 0 heterocycles. The molecule has 4 heteroatoms. The van der Waals surface area contributed by atoms with E-state index in [1.165, 1.54) is 32.8 Å². The first-order chi connectivity index (χ1) is 7.72. The number of esters is 1. The van der Waals surface area contributed by atoms with Gasteiger partial charge in [0.15, 0.2) is 0 Å². The molecular weight excluding hydrogens is 222 g/mol. The molecule has 94 valence electrons. The zero-order chi connectivity index (χ0) is 12.0. The van der Waals surface area contributed by atoms with Crippen LogP contribution >= 0.6 is 11.8 Å². The Balaban J connectivity index is 2.51. The number of methoxy groups -OCH3 is 1. The summed E-state index contributed by atoms with van der Waals surface area (Å²) in [6.45, 7) is 2.02. The molecule has 0 aromatic heterocycles. The van der Waals surface area contributed by atoms with Gasteiger partial charge in [-0.3, -0.25) is 4.79 Å². The SMILES string of the molecule is CCC(NC1CCCCC1SC)C(=O)OC. The summed E-state index contributed by atoms with van der Waals surface area (Å²) in [5.41, 5.74) is 0. The predicted octanol–water partition coefficient (Wildman–Crippen LogP) is 2.20. The fourth-order valence-electron chi connectivity index (χ4n) is 2.32. The monoisotopic (exact) mass is 245 g/mol. The van der Waals surface area contributed by atoms with Gasteiger partial charge in [-0.15, -0.1) is 0 Å². The van der Waals surface area contributed by atoms with Crippen LogP contribution in [0.25, 0.3) is 0 Å². The van der Waals surface area contributed by atoms with Crippen LogP contribution in [0.1, 0.15) is 39.0 Å². The smallest absolute Gasteiger partial charge is 0.322 e. The van der Waals surface area contributed by atoms with Crippen LogP contribution < -0.4 is 5.32 Å². The average molecular weight is 245 g/mol. The van der Waals surface area contributed by atoms with Gasteiger partial charge in [-0.2, -0.15) is 11.8 Å². The number of nitrogens with one attached hydrogen (secondary N) is 1. The van der Waals surface area contributed by atoms with E-state index in [1.807, 2.05) is 18.7 Å². The van der Waals surface area contributed by atoms with E-state index in [9.17, 15) is 4.79 Å². The van der Waals surface area contributed by atoms with Gasteiger partial charge in [-0.1, -0.05) is 19.8 Å². The average Bonchev–Trinajstić information content (AvgIpc) is 2.35. The Morgan fingerprint density at radius 2 is 2.19 bits per heavy atom. The Bertz CT molecular complexity index is 223. The van der Waals surface area contributed by atoms with Crippen LogP contribution in [0.5, 0.6) is 0 Å². The lowest BCUT2D eigenvalue weighted by atomic mass is 9.94. The van der Waals surface area contributed by atoms with Crippen molar-refractivity contribution in [3.05, 3.63) is 0 Å². The molecule has 0 bridgehead atoms. The van der Waals surface area contributed by atoms with E-state index in [2.05, 4.69) is 11.6 Å². The molecule has 3 nitrogen and oxygen atoms in total. The van der Waals surface area contributed by atoms with Gasteiger partial charge in [0.2, 0.25) is 0 Å². The second-order valence-corrected chi connectivity index (χ2v) is 5.39. The summed E-state index contributed by atoms with van der Waals surface area (Å²) in [7, 11) is 1.46. The molecule has 1 aliphatic carbocycles. The highest BCUT2D eigenvalue weighted by molar-refractivity contribution is 7.99. The number of rotatable bonds is 5. The van der Waals surface area contributed by atoms with Crippen molar-refractivity contribution in [2.45, 2.75) is 56.4 Å². The molecule has 0 radical (unpaired) electrons. The molecule has 16 heavy (non-hydrogen) atoms. The van der Waals surface area contributed by atoms with Gasteiger partial charge in [0, 0.05) is 11.3 Å². The third kappa shape index (κ3) is 3.67. The predicted molar refractivity (Wildman–Crippen MR) is 68.8 cm³/mol. The number of thioether (sulfide) groups is 1. The number of hydrogen-bond acceptors (Lipinski definition) is 4. The first-order valence-electron chi connectivity index (χ1n) is 6.09. The van der Waals surface area contributed by atoms with Crippen LogP contribution in [0.15, 0.2) is 0 Å². The van der Waals surface area contributed by atoms with Crippen molar-refractivity contribution >= 4 is 17.7 Å². The second kappa shape index (κ2) is 7.17. The van der Waals surface area contributed by atoms with Crippen LogP contribution in [-0.4, -0.2) is 36.7 Å². The van der Waals surface area contributed by atoms with E-state index in [4.69, 9.17) is 4.74 Å². The quantitative estimate of drug-likeness (QED) is 0.754. The molecule has 0 aromatic rings. The zero-order valence-corrected chi connectivity index (χ0v) is 11.3. The molecule has 1 fully saturated rings. The molecule has 1 rings (SSSR count). The Hall–Kier alpha value is -0.220. The summed E-state index contributed by atoms with van der Waals surface area (Å²) < 4.78 is 4.81. The first kappa shape index (κ1) is 13.8. The minimum absolute atomic E-state index is 0.132. The lowest BCUT2D eigenvalue weighted by Gasteiger charge is -2.33. The van der Waals surface area contributed by atoms with Crippen LogP contribution in [-0.2, 0) is 9.53 Å². The molecule has 1 aliphatic rings. The lowest BCUT2D eigenvalue weighted by Crippen LogP contribution is -2.49. The molecule has 3 atom stereocenters. The Labute approximate surface area is 103 Å². The van der Waals surface area contributed by atoms with Gasteiger partial charge in [0.25, 0.3) is 0 Å². The summed E-state index contributed by atoms with van der Waals surface area (Å²) in [6, 6.07) is 0.329. The number of carbonyl (C=O) groups is 1. The fourth-order valence-corrected chi connectivity index (χ4v) is 3.27. The van der Waals surface area contributed by atoms with Gasteiger partial charge in [0.05, 0.1) is 7.11 Å². The molecule has 0 aliphatic heterocycles. The summed E-state index contributed by atoms with van der Waals surface area (Å²) in [5, 5.41) is 4.11. The maximum Gasteiger partial charge on any atom is 0.322 e. The van der Waals surface area contributed by atoms with Gasteiger partial charge in [0.1, 0.15) is 6.04 Å². The second-order valence-electron chi connectivity index (χ2n) is 4.32. The van der Waals surface area contributed by atoms with E-state index < -0.39 is 0 Å². The Morgan fingerprint density at radius 3 is 2.75 bits per heavy atom. The normalized spacial score (nSPS) is 27.4. The van der Waals surface area contributed by atoms with Gasteiger partial charge in [-0.25, -0.2) is 0 Å². The molecule has 3 unspecified atom stereocenters. The third-order valence-corrected chi connectivity index (χ3v) is 4.48. The number of carbonyl (C=O) groups excluding carboxylic acids is 1. The minimum atomic E-state index is -0.136. The standard InChI is InChI=1S/C12H23NO2S/c1-4-9(12(14)15-2)13-10-7-5-6-8-11(10)16-3/h9-11,13H,4-8H2,1-3H3. The van der Waals surface area contributed by atoms with E-state index >= 15 is 0 Å². The minimum Gasteiger partial charge on any atom is -0.468 e. The van der Waals surface area contributed by atoms with Crippen molar-refractivity contribution in [1.82, 2.24) is 5.32 Å². The Morgan fingerprint density at radius 1 is 1.50 bits per heavy atom. The molecule has 0 aromatic carbocycles. The maximum atomic E-state index is 11.5. The van der Waals surface area contributed by atoms with E-state index in [-0.39, 0.29) is 12.0 Å². The van der Waals surface area contributed by atoms with Crippen molar-refractivity contribution in [2.75, 3.05) is 13.4 Å². The highest BCUT2D eigenvalue weighted by atomic mass is 32.2. The summed E-state index contributed by atoms with van der Waals surface area (Å²) in [6.07, 6.45) is 7.98. The molecule has 1 saturated carbocycles. The van der Waals surface area contributed by atoms with Crippen molar-refractivity contribution in [2.24, 2.45) is 0 Å². The van der Waals surface area contributed by atoms with Crippen LogP contribution in [0.4, 0.5) is 0 Å². The first-order valence-corrected chi connectivity index (χ1v) is 7.38. The molecule has 0 amide bonds. The fraction of sp³-hybridized carbons (Fsp3) is 0.917. The third-order valence-electron chi connectivity index (χ3n) is 3.31. The van der Waals surface area contributed by atoms with Gasteiger partial charge >= 0.3 is 5.97 Å². The molecule has 0 spiro atoms. The number of hydrogen-bond donors (Lipinski definition) is 1.